The zero-order valence-electron chi connectivity index (χ0n) is 21.4. The van der Waals surface area contributed by atoms with E-state index in [-0.39, 0.29) is 19.1 Å². The van der Waals surface area contributed by atoms with Gasteiger partial charge in [-0.15, -0.1) is 0 Å². The van der Waals surface area contributed by atoms with E-state index in [1.807, 2.05) is 0 Å². The Labute approximate surface area is 211 Å². The van der Waals surface area contributed by atoms with Crippen molar-refractivity contribution < 1.29 is 35.8 Å². The van der Waals surface area contributed by atoms with Crippen molar-refractivity contribution in [1.29, 1.82) is 0 Å². The Kier molecular flexibility index (Phi) is 10.3. The molecule has 2 aliphatic carbocycles. The number of benzene rings is 1. The maximum atomic E-state index is 13.8. The first-order chi connectivity index (χ1) is 17.0. The summed E-state index contributed by atoms with van der Waals surface area (Å²) in [5, 5.41) is 0. The van der Waals surface area contributed by atoms with Crippen molar-refractivity contribution in [3.05, 3.63) is 23.3 Å². The zero-order valence-corrected chi connectivity index (χ0v) is 21.4. The molecule has 1 aromatic carbocycles. The first-order valence-corrected chi connectivity index (χ1v) is 13.6. The molecule has 0 N–H and O–H groups in total. The largest absolute Gasteiger partial charge is 0.493 e. The van der Waals surface area contributed by atoms with Gasteiger partial charge in [-0.3, -0.25) is 0 Å². The van der Waals surface area contributed by atoms with Crippen molar-refractivity contribution in [2.24, 2.45) is 23.7 Å². The molecule has 2 nitrogen and oxygen atoms in total. The van der Waals surface area contributed by atoms with Crippen LogP contribution in [0.15, 0.2) is 12.1 Å². The van der Waals surface area contributed by atoms with E-state index >= 15 is 0 Å². The van der Waals surface area contributed by atoms with Crippen molar-refractivity contribution in [2.45, 2.75) is 103 Å². The van der Waals surface area contributed by atoms with Crippen LogP contribution >= 0.6 is 0 Å². The van der Waals surface area contributed by atoms with Crippen molar-refractivity contribution >= 4 is 0 Å². The summed E-state index contributed by atoms with van der Waals surface area (Å²) >= 11 is 0. The van der Waals surface area contributed by atoms with Gasteiger partial charge < -0.3 is 9.47 Å². The van der Waals surface area contributed by atoms with Gasteiger partial charge in [-0.25, -0.2) is 0 Å². The Morgan fingerprint density at radius 3 is 1.58 bits per heavy atom. The van der Waals surface area contributed by atoms with Crippen LogP contribution in [0.5, 0.6) is 11.5 Å². The number of unbranched alkanes of at least 4 members (excludes halogenated alkanes) is 2. The van der Waals surface area contributed by atoms with E-state index in [1.54, 1.807) is 0 Å². The molecule has 0 bridgehead atoms. The molecule has 0 unspecified atom stereocenters. The highest BCUT2D eigenvalue weighted by Gasteiger charge is 2.48. The van der Waals surface area contributed by atoms with Gasteiger partial charge in [-0.2, -0.15) is 26.3 Å². The van der Waals surface area contributed by atoms with Gasteiger partial charge in [-0.05, 0) is 81.3 Å². The van der Waals surface area contributed by atoms with Crippen LogP contribution in [0.4, 0.5) is 26.3 Å². The van der Waals surface area contributed by atoms with E-state index in [9.17, 15) is 26.3 Å². The van der Waals surface area contributed by atoms with E-state index in [2.05, 4.69) is 6.92 Å². The molecule has 0 spiro atoms. The second-order valence-corrected chi connectivity index (χ2v) is 10.6. The average molecular weight is 523 g/mol. The van der Waals surface area contributed by atoms with Crippen LogP contribution in [0.1, 0.15) is 102 Å². The Morgan fingerprint density at radius 2 is 1.14 bits per heavy atom. The molecule has 206 valence electrons. The number of hydrogen-bond acceptors (Lipinski definition) is 2. The van der Waals surface area contributed by atoms with Gasteiger partial charge in [0.25, 0.3) is 0 Å². The van der Waals surface area contributed by atoms with Gasteiger partial charge in [-0.1, -0.05) is 45.4 Å². The van der Waals surface area contributed by atoms with Crippen LogP contribution in [0, 0.1) is 23.7 Å². The quantitative estimate of drug-likeness (QED) is 0.225. The lowest BCUT2D eigenvalue weighted by atomic mass is 9.69. The summed E-state index contributed by atoms with van der Waals surface area (Å²) in [4.78, 5) is 0. The van der Waals surface area contributed by atoms with Crippen LogP contribution in [0.25, 0.3) is 0 Å². The van der Waals surface area contributed by atoms with Crippen LogP contribution in [0.3, 0.4) is 0 Å². The summed E-state index contributed by atoms with van der Waals surface area (Å²) in [6.45, 7) is 3.47. The van der Waals surface area contributed by atoms with Gasteiger partial charge >= 0.3 is 12.4 Å². The summed E-state index contributed by atoms with van der Waals surface area (Å²) in [5.41, 5.74) is -3.62. The predicted octanol–water partition coefficient (Wildman–Crippen LogP) is 9.69. The Bertz CT molecular complexity index is 803. The lowest BCUT2D eigenvalue weighted by Crippen LogP contribution is -2.28. The van der Waals surface area contributed by atoms with Crippen LogP contribution in [0.2, 0.25) is 0 Å². The predicted molar refractivity (Wildman–Crippen MR) is 128 cm³/mol. The Hall–Kier alpha value is -1.60. The van der Waals surface area contributed by atoms with Crippen molar-refractivity contribution in [3.63, 3.8) is 0 Å². The smallest absolute Gasteiger partial charge is 0.420 e. The summed E-state index contributed by atoms with van der Waals surface area (Å²) < 4.78 is 92.5. The first-order valence-electron chi connectivity index (χ1n) is 13.6. The average Bonchev–Trinajstić information content (AvgIpc) is 2.83. The molecule has 0 atom stereocenters. The molecule has 0 aromatic heterocycles. The fourth-order valence-electron chi connectivity index (χ4n) is 6.19. The van der Waals surface area contributed by atoms with Crippen molar-refractivity contribution in [3.8, 4) is 11.5 Å². The number of hydrogen-bond donors (Lipinski definition) is 0. The molecular weight excluding hydrogens is 482 g/mol. The van der Waals surface area contributed by atoms with E-state index in [4.69, 9.17) is 9.47 Å². The second-order valence-electron chi connectivity index (χ2n) is 10.6. The Balaban J connectivity index is 1.57. The van der Waals surface area contributed by atoms with E-state index in [0.717, 1.165) is 49.7 Å². The molecule has 2 saturated carbocycles. The first kappa shape index (κ1) is 29.0. The van der Waals surface area contributed by atoms with E-state index in [0.29, 0.717) is 5.92 Å². The van der Waals surface area contributed by atoms with E-state index < -0.39 is 35.0 Å². The molecule has 0 aliphatic heterocycles. The van der Waals surface area contributed by atoms with Crippen LogP contribution < -0.4 is 9.47 Å². The molecule has 2 aliphatic rings. The number of alkyl halides is 6. The fraction of sp³-hybridized carbons (Fsp3) is 0.786. The summed E-state index contributed by atoms with van der Waals surface area (Å²) in [6, 6.07) is 1.88. The molecule has 1 aromatic rings. The van der Waals surface area contributed by atoms with E-state index in [1.165, 1.54) is 58.3 Å². The molecule has 0 amide bonds. The normalized spacial score (nSPS) is 25.6. The van der Waals surface area contributed by atoms with Crippen molar-refractivity contribution in [1.82, 2.24) is 0 Å². The third-order valence-corrected chi connectivity index (χ3v) is 8.14. The summed E-state index contributed by atoms with van der Waals surface area (Å²) in [6.07, 6.45) is 3.64. The highest BCUT2D eigenvalue weighted by atomic mass is 19.4. The van der Waals surface area contributed by atoms with Crippen molar-refractivity contribution in [2.75, 3.05) is 13.2 Å². The fourth-order valence-corrected chi connectivity index (χ4v) is 6.19. The maximum absolute atomic E-state index is 13.8. The lowest BCUT2D eigenvalue weighted by molar-refractivity contribution is -0.164. The molecule has 0 saturated heterocycles. The topological polar surface area (TPSA) is 18.5 Å². The standard InChI is InChI=1S/C28H40F6O2/c1-3-5-6-7-19-8-12-21(13-9-19)22-14-10-20(11-15-22)18-36-24-17-16-23(35-4-2)25(27(29,30)31)26(24)28(32,33)34/h16-17,19-22H,3-15,18H2,1-2H3. The monoisotopic (exact) mass is 522 g/mol. The number of rotatable bonds is 10. The molecule has 36 heavy (non-hydrogen) atoms. The number of ether oxygens (including phenoxy) is 2. The zero-order chi connectivity index (χ0) is 26.3. The third kappa shape index (κ3) is 7.70. The second kappa shape index (κ2) is 12.8. The molecular formula is C28H40F6O2. The van der Waals surface area contributed by atoms with Gasteiger partial charge in [0, 0.05) is 0 Å². The van der Waals surface area contributed by atoms with Gasteiger partial charge in [0.15, 0.2) is 0 Å². The molecule has 0 radical (unpaired) electrons. The number of halogens is 6. The third-order valence-electron chi connectivity index (χ3n) is 8.14. The molecule has 2 fully saturated rings. The minimum Gasteiger partial charge on any atom is -0.493 e. The molecule has 3 rings (SSSR count). The highest BCUT2D eigenvalue weighted by molar-refractivity contribution is 5.52. The van der Waals surface area contributed by atoms with Crippen LogP contribution in [-0.4, -0.2) is 13.2 Å². The summed E-state index contributed by atoms with van der Waals surface area (Å²) in [5.74, 6) is 0.675. The minimum atomic E-state index is -5.22. The highest BCUT2D eigenvalue weighted by Crippen LogP contribution is 2.49. The van der Waals surface area contributed by atoms with Crippen LogP contribution in [-0.2, 0) is 12.4 Å². The molecule has 0 heterocycles. The maximum Gasteiger partial charge on any atom is 0.420 e. The lowest BCUT2D eigenvalue weighted by Gasteiger charge is -2.38. The van der Waals surface area contributed by atoms with Gasteiger partial charge in [0.1, 0.15) is 22.6 Å². The Morgan fingerprint density at radius 1 is 0.667 bits per heavy atom. The molecule has 8 heteroatoms. The summed E-state index contributed by atoms with van der Waals surface area (Å²) in [7, 11) is 0. The van der Waals surface area contributed by atoms with Gasteiger partial charge in [0.05, 0.1) is 13.2 Å². The van der Waals surface area contributed by atoms with Gasteiger partial charge in [0.2, 0.25) is 0 Å². The minimum absolute atomic E-state index is 0.00868. The SMILES string of the molecule is CCCCCC1CCC(C2CCC(COc3ccc(OCC)c(C(F)(F)F)c3C(F)(F)F)CC2)CC1.